The molecule has 13 heteroatoms. The Balaban J connectivity index is 1.46. The zero-order valence-corrected chi connectivity index (χ0v) is 27.8. The van der Waals surface area contributed by atoms with E-state index in [1.165, 1.54) is 37.3 Å². The second-order valence-corrected chi connectivity index (χ2v) is 11.6. The molecule has 0 radical (unpaired) electrons. The van der Waals surface area contributed by atoms with Crippen molar-refractivity contribution < 1.29 is 43.2 Å². The molecule has 1 amide bonds. The number of likely N-dealkylation sites (N-methyl/N-ethyl adjacent to an activating group) is 1. The molecule has 0 saturated carbocycles. The summed E-state index contributed by atoms with van der Waals surface area (Å²) in [4.78, 5) is 67.7. The number of carbonyl (C=O) groups excluding carboxylic acids is 4. The van der Waals surface area contributed by atoms with Gasteiger partial charge in [0.25, 0.3) is 5.69 Å². The molecule has 2 unspecified atom stereocenters. The largest absolute Gasteiger partial charge is 0.459 e. The first-order valence-electron chi connectivity index (χ1n) is 15.7. The first kappa shape index (κ1) is 36.2. The van der Waals surface area contributed by atoms with Crippen LogP contribution in [0, 0.1) is 16.0 Å². The Morgan fingerprint density at radius 2 is 1.55 bits per heavy atom. The van der Waals surface area contributed by atoms with Crippen LogP contribution in [0.1, 0.15) is 48.2 Å². The third-order valence-electron chi connectivity index (χ3n) is 7.85. The molecule has 0 aromatic heterocycles. The number of allylic oxidation sites excluding steroid dienone is 1. The Morgan fingerprint density at radius 1 is 0.878 bits per heavy atom. The number of nitrogens with zero attached hydrogens (tertiary/aromatic N) is 2. The van der Waals surface area contributed by atoms with Crippen molar-refractivity contribution in [1.82, 2.24) is 0 Å². The standard InChI is InChI=1S/C36H38N4O9/c1-23-31(35(43)47-18-17-39(4)22-26-9-6-5-7-10-26)33(28-11-8-12-30(21-28)40(45)46)32(24(2)37-23)36(44)49-20-19-48-34(42)27-13-15-29(16-14-27)38-25(3)41/h5-16,21,31,33H,17-20,22H2,1-4H3,(H,38,41)/p+1/t31?,33-/m0/s1. The second kappa shape index (κ2) is 16.9. The van der Waals surface area contributed by atoms with Gasteiger partial charge in [0, 0.05) is 47.6 Å². The Hall–Kier alpha value is -5.69. The summed E-state index contributed by atoms with van der Waals surface area (Å²) in [5, 5.41) is 14.3. The zero-order valence-electron chi connectivity index (χ0n) is 27.8. The maximum atomic E-state index is 13.7. The molecule has 1 heterocycles. The molecule has 13 nitrogen and oxygen atoms in total. The molecule has 2 N–H and O–H groups in total. The van der Waals surface area contributed by atoms with Gasteiger partial charge >= 0.3 is 17.9 Å². The third-order valence-corrected chi connectivity index (χ3v) is 7.85. The van der Waals surface area contributed by atoms with E-state index in [9.17, 15) is 29.3 Å². The van der Waals surface area contributed by atoms with Gasteiger partial charge in [0.15, 0.2) is 0 Å². The number of nitro groups is 1. The predicted octanol–water partition coefficient (Wildman–Crippen LogP) is 3.66. The lowest BCUT2D eigenvalue weighted by atomic mass is 9.75. The third kappa shape index (κ3) is 9.91. The van der Waals surface area contributed by atoms with Crippen molar-refractivity contribution in [3.05, 3.63) is 117 Å². The highest BCUT2D eigenvalue weighted by Gasteiger charge is 2.43. The average molecular weight is 672 g/mol. The van der Waals surface area contributed by atoms with Crippen LogP contribution >= 0.6 is 0 Å². The number of benzene rings is 3. The minimum Gasteiger partial charge on any atom is -0.459 e. The second-order valence-electron chi connectivity index (χ2n) is 11.6. The summed E-state index contributed by atoms with van der Waals surface area (Å²) in [6, 6.07) is 21.7. The molecule has 1 aliphatic heterocycles. The van der Waals surface area contributed by atoms with Crippen molar-refractivity contribution in [3.8, 4) is 0 Å². The summed E-state index contributed by atoms with van der Waals surface area (Å²) in [5.41, 5.74) is 2.74. The minimum absolute atomic E-state index is 0.0414. The molecule has 4 rings (SSSR count). The van der Waals surface area contributed by atoms with Crippen molar-refractivity contribution in [1.29, 1.82) is 0 Å². The average Bonchev–Trinajstić information content (AvgIpc) is 3.06. The molecule has 49 heavy (non-hydrogen) atoms. The highest BCUT2D eigenvalue weighted by atomic mass is 16.6. The molecular weight excluding hydrogens is 632 g/mol. The van der Waals surface area contributed by atoms with E-state index in [0.29, 0.717) is 23.5 Å². The van der Waals surface area contributed by atoms with Crippen LogP contribution in [0.5, 0.6) is 0 Å². The van der Waals surface area contributed by atoms with Gasteiger partial charge in [0.1, 0.15) is 38.8 Å². The fraction of sp³-hybridized carbons (Fsp3) is 0.306. The van der Waals surface area contributed by atoms with Crippen molar-refractivity contribution in [2.45, 2.75) is 33.2 Å². The van der Waals surface area contributed by atoms with E-state index in [0.717, 1.165) is 17.0 Å². The molecule has 0 spiro atoms. The number of rotatable bonds is 14. The molecule has 0 fully saturated rings. The number of amides is 1. The molecule has 3 aromatic rings. The fourth-order valence-electron chi connectivity index (χ4n) is 5.57. The lowest BCUT2D eigenvalue weighted by molar-refractivity contribution is -0.893. The molecule has 3 atom stereocenters. The smallest absolute Gasteiger partial charge is 0.338 e. The highest BCUT2D eigenvalue weighted by Crippen LogP contribution is 2.41. The van der Waals surface area contributed by atoms with Gasteiger partial charge in [-0.25, -0.2) is 9.59 Å². The summed E-state index contributed by atoms with van der Waals surface area (Å²) in [6.45, 7) is 5.40. The first-order valence-corrected chi connectivity index (χ1v) is 15.7. The van der Waals surface area contributed by atoms with Crippen LogP contribution in [0.3, 0.4) is 0 Å². The molecule has 1 aliphatic rings. The SMILES string of the molecule is CC(=O)Nc1ccc(C(=O)OCCOC(=O)C2=C(C)N=C(C)C(C(=O)OCC[NH+](C)Cc3ccccc3)[C@@H]2c2cccc([N+](=O)[O-])c2)cc1. The van der Waals surface area contributed by atoms with Crippen molar-refractivity contribution in [3.63, 3.8) is 0 Å². The van der Waals surface area contributed by atoms with E-state index < -0.39 is 34.7 Å². The number of quaternary nitrogens is 1. The number of nitrogens with one attached hydrogen (secondary N) is 2. The van der Waals surface area contributed by atoms with Crippen LogP contribution in [-0.4, -0.2) is 67.9 Å². The number of hydrogen-bond donors (Lipinski definition) is 2. The van der Waals surface area contributed by atoms with Gasteiger partial charge < -0.3 is 24.4 Å². The van der Waals surface area contributed by atoms with Crippen LogP contribution in [0.2, 0.25) is 0 Å². The number of anilines is 1. The monoisotopic (exact) mass is 671 g/mol. The molecule has 3 aromatic carbocycles. The number of nitro benzene ring substituents is 1. The topological polar surface area (TPSA) is 168 Å². The van der Waals surface area contributed by atoms with E-state index in [1.807, 2.05) is 37.4 Å². The molecule has 0 bridgehead atoms. The molecule has 256 valence electrons. The summed E-state index contributed by atoms with van der Waals surface area (Å²) in [7, 11) is 1.99. The number of aliphatic imine (C=N–C) groups is 1. The summed E-state index contributed by atoms with van der Waals surface area (Å²) < 4.78 is 16.4. The summed E-state index contributed by atoms with van der Waals surface area (Å²) in [5.74, 6) is -4.39. The van der Waals surface area contributed by atoms with Crippen molar-refractivity contribution in [2.24, 2.45) is 10.9 Å². The molecule has 0 aliphatic carbocycles. The maximum absolute atomic E-state index is 13.7. The van der Waals surface area contributed by atoms with Gasteiger partial charge in [-0.2, -0.15) is 0 Å². The number of ether oxygens (including phenoxy) is 3. The summed E-state index contributed by atoms with van der Waals surface area (Å²) >= 11 is 0. The highest BCUT2D eigenvalue weighted by molar-refractivity contribution is 6.07. The number of non-ortho nitro benzene ring substituents is 1. The van der Waals surface area contributed by atoms with E-state index >= 15 is 0 Å². The normalized spacial score (nSPS) is 16.2. The fourth-order valence-corrected chi connectivity index (χ4v) is 5.57. The van der Waals surface area contributed by atoms with Crippen molar-refractivity contribution in [2.75, 3.05) is 38.7 Å². The summed E-state index contributed by atoms with van der Waals surface area (Å²) in [6.07, 6.45) is 0. The zero-order chi connectivity index (χ0) is 35.5. The van der Waals surface area contributed by atoms with Crippen LogP contribution in [0.4, 0.5) is 11.4 Å². The Kier molecular flexibility index (Phi) is 12.5. The number of hydrogen-bond acceptors (Lipinski definition) is 10. The van der Waals surface area contributed by atoms with Gasteiger partial charge in [0.05, 0.1) is 23.1 Å². The van der Waals surface area contributed by atoms with Gasteiger partial charge in [0.2, 0.25) is 5.91 Å². The van der Waals surface area contributed by atoms with Crippen molar-refractivity contribution >= 4 is 40.9 Å². The van der Waals surface area contributed by atoms with Crippen LogP contribution in [0.15, 0.2) is 95.1 Å². The van der Waals surface area contributed by atoms with E-state index in [-0.39, 0.29) is 48.2 Å². The first-order chi connectivity index (χ1) is 23.4. The predicted molar refractivity (Wildman–Crippen MR) is 180 cm³/mol. The molecular formula is C36H39N4O9+. The number of carbonyl (C=O) groups is 4. The van der Waals surface area contributed by atoms with Gasteiger partial charge in [-0.1, -0.05) is 42.5 Å². The van der Waals surface area contributed by atoms with Gasteiger partial charge in [-0.15, -0.1) is 0 Å². The minimum atomic E-state index is -1.05. The lowest BCUT2D eigenvalue weighted by Crippen LogP contribution is -3.08. The lowest BCUT2D eigenvalue weighted by Gasteiger charge is -2.31. The van der Waals surface area contributed by atoms with E-state index in [1.54, 1.807) is 32.0 Å². The van der Waals surface area contributed by atoms with Crippen LogP contribution in [0.25, 0.3) is 0 Å². The van der Waals surface area contributed by atoms with E-state index in [4.69, 9.17) is 14.2 Å². The van der Waals surface area contributed by atoms with Crippen LogP contribution < -0.4 is 10.2 Å². The Morgan fingerprint density at radius 3 is 2.20 bits per heavy atom. The van der Waals surface area contributed by atoms with E-state index in [2.05, 4.69) is 10.3 Å². The van der Waals surface area contributed by atoms with Gasteiger partial charge in [-0.3, -0.25) is 24.7 Å². The Labute approximate surface area is 283 Å². The van der Waals surface area contributed by atoms with Gasteiger partial charge in [-0.05, 0) is 43.7 Å². The Bertz CT molecular complexity index is 1750. The molecule has 0 saturated heterocycles. The maximum Gasteiger partial charge on any atom is 0.338 e. The van der Waals surface area contributed by atoms with Crippen LogP contribution in [-0.2, 0) is 35.1 Å². The quantitative estimate of drug-likeness (QED) is 0.0855. The number of esters is 3.